The summed E-state index contributed by atoms with van der Waals surface area (Å²) in [7, 11) is 1.58. The van der Waals surface area contributed by atoms with E-state index in [1.165, 1.54) is 0 Å². The Kier molecular flexibility index (Phi) is 12.0. The molecule has 3 amide bonds. The van der Waals surface area contributed by atoms with Crippen LogP contribution in [0.3, 0.4) is 0 Å². The summed E-state index contributed by atoms with van der Waals surface area (Å²) in [6.45, 7) is 15.2. The second-order valence-electron chi connectivity index (χ2n) is 11.2. The molecule has 0 aliphatic rings. The molecule has 0 bridgehead atoms. The van der Waals surface area contributed by atoms with Crippen LogP contribution in [0.25, 0.3) is 0 Å². The Morgan fingerprint density at radius 2 is 1.50 bits per heavy atom. The Morgan fingerprint density at radius 1 is 0.900 bits per heavy atom. The van der Waals surface area contributed by atoms with Gasteiger partial charge in [-0.1, -0.05) is 58.4 Å². The van der Waals surface area contributed by atoms with Crippen LogP contribution >= 0.6 is 0 Å². The molecule has 0 saturated heterocycles. The van der Waals surface area contributed by atoms with Gasteiger partial charge in [-0.2, -0.15) is 0 Å². The third-order valence-electron chi connectivity index (χ3n) is 7.06. The molecule has 0 spiro atoms. The second kappa shape index (κ2) is 14.7. The Morgan fingerprint density at radius 3 is 1.98 bits per heavy atom. The highest BCUT2D eigenvalue weighted by molar-refractivity contribution is 5.99. The van der Waals surface area contributed by atoms with Crippen LogP contribution < -0.4 is 15.4 Å². The van der Waals surface area contributed by atoms with Gasteiger partial charge in [0, 0.05) is 11.7 Å². The predicted octanol–water partition coefficient (Wildman–Crippen LogP) is 6.50. The van der Waals surface area contributed by atoms with E-state index in [0.717, 1.165) is 12.0 Å². The minimum Gasteiger partial charge on any atom is -0.497 e. The van der Waals surface area contributed by atoms with Crippen LogP contribution in [0.5, 0.6) is 5.75 Å². The van der Waals surface area contributed by atoms with E-state index in [0.29, 0.717) is 29.8 Å². The van der Waals surface area contributed by atoms with Gasteiger partial charge >= 0.3 is 6.09 Å². The fourth-order valence-corrected chi connectivity index (χ4v) is 4.33. The van der Waals surface area contributed by atoms with Gasteiger partial charge in [0.1, 0.15) is 23.4 Å². The van der Waals surface area contributed by atoms with Crippen molar-refractivity contribution in [1.82, 2.24) is 10.2 Å². The number of benzene rings is 2. The molecule has 4 atom stereocenters. The molecule has 220 valence electrons. The fourth-order valence-electron chi connectivity index (χ4n) is 4.33. The quantitative estimate of drug-likeness (QED) is 0.313. The molecule has 2 N–H and O–H groups in total. The monoisotopic (exact) mass is 553 g/mol. The molecular formula is C32H47N3O5. The molecular weight excluding hydrogens is 506 g/mol. The van der Waals surface area contributed by atoms with Crippen molar-refractivity contribution in [2.75, 3.05) is 12.4 Å². The van der Waals surface area contributed by atoms with Gasteiger partial charge in [-0.3, -0.25) is 9.59 Å². The number of carbonyl (C=O) groups is 3. The third-order valence-corrected chi connectivity index (χ3v) is 7.06. The van der Waals surface area contributed by atoms with Gasteiger partial charge in [0.25, 0.3) is 5.91 Å². The van der Waals surface area contributed by atoms with Crippen LogP contribution in [-0.2, 0) is 20.7 Å². The van der Waals surface area contributed by atoms with E-state index in [2.05, 4.69) is 17.6 Å². The predicted molar refractivity (Wildman–Crippen MR) is 159 cm³/mol. The highest BCUT2D eigenvalue weighted by Crippen LogP contribution is 2.29. The first-order chi connectivity index (χ1) is 18.8. The van der Waals surface area contributed by atoms with Crippen molar-refractivity contribution in [3.05, 3.63) is 59.7 Å². The zero-order valence-corrected chi connectivity index (χ0v) is 25.5. The summed E-state index contributed by atoms with van der Waals surface area (Å²) in [5, 5.41) is 5.80. The highest BCUT2D eigenvalue weighted by atomic mass is 16.6. The highest BCUT2D eigenvalue weighted by Gasteiger charge is 2.40. The van der Waals surface area contributed by atoms with Gasteiger partial charge in [0.05, 0.1) is 7.11 Å². The van der Waals surface area contributed by atoms with E-state index in [9.17, 15) is 14.4 Å². The number of carbonyl (C=O) groups excluding carboxylic acids is 3. The van der Waals surface area contributed by atoms with E-state index in [4.69, 9.17) is 9.47 Å². The van der Waals surface area contributed by atoms with Crippen LogP contribution in [0.4, 0.5) is 10.5 Å². The van der Waals surface area contributed by atoms with Crippen LogP contribution in [0.2, 0.25) is 0 Å². The maximum absolute atomic E-state index is 14.4. The number of hydrogen-bond acceptors (Lipinski definition) is 5. The van der Waals surface area contributed by atoms with Crippen LogP contribution in [0.15, 0.2) is 48.5 Å². The molecule has 2 rings (SSSR count). The smallest absolute Gasteiger partial charge is 0.408 e. The zero-order valence-electron chi connectivity index (χ0n) is 25.5. The van der Waals surface area contributed by atoms with Gasteiger partial charge < -0.3 is 25.0 Å². The lowest BCUT2D eigenvalue weighted by Gasteiger charge is -2.39. The molecule has 0 fully saturated rings. The minimum absolute atomic E-state index is 0.195. The molecule has 0 saturated carbocycles. The number of alkyl carbamates (subject to hydrolysis) is 1. The average Bonchev–Trinajstić information content (AvgIpc) is 2.92. The number of nitrogens with one attached hydrogen (secondary N) is 2. The number of anilines is 1. The van der Waals surface area contributed by atoms with Crippen molar-refractivity contribution in [1.29, 1.82) is 0 Å². The number of ether oxygens (including phenoxy) is 2. The van der Waals surface area contributed by atoms with Crippen LogP contribution in [0, 0.1) is 5.92 Å². The van der Waals surface area contributed by atoms with Gasteiger partial charge in [0.2, 0.25) is 5.91 Å². The molecule has 0 aliphatic heterocycles. The van der Waals surface area contributed by atoms with Crippen LogP contribution in [-0.4, -0.2) is 47.6 Å². The summed E-state index contributed by atoms with van der Waals surface area (Å²) in [6, 6.07) is 12.7. The number of nitrogens with zero attached hydrogens (tertiary/aromatic N) is 1. The van der Waals surface area contributed by atoms with Crippen LogP contribution in [0.1, 0.15) is 85.4 Å². The van der Waals surface area contributed by atoms with Crippen molar-refractivity contribution in [3.8, 4) is 5.75 Å². The van der Waals surface area contributed by atoms with E-state index < -0.39 is 23.8 Å². The summed E-state index contributed by atoms with van der Waals surface area (Å²) in [5.74, 6) is -0.197. The largest absolute Gasteiger partial charge is 0.497 e. The van der Waals surface area contributed by atoms with E-state index in [1.807, 2.05) is 52.0 Å². The van der Waals surface area contributed by atoms with Crippen molar-refractivity contribution in [3.63, 3.8) is 0 Å². The Hall–Kier alpha value is -3.55. The summed E-state index contributed by atoms with van der Waals surface area (Å²) < 4.78 is 10.7. The maximum Gasteiger partial charge on any atom is 0.408 e. The van der Waals surface area contributed by atoms with E-state index >= 15 is 0 Å². The van der Waals surface area contributed by atoms with Gasteiger partial charge in [-0.15, -0.1) is 0 Å². The first-order valence-electron chi connectivity index (χ1n) is 14.2. The molecule has 0 aromatic heterocycles. The number of hydrogen-bond donors (Lipinski definition) is 2. The van der Waals surface area contributed by atoms with Crippen molar-refractivity contribution >= 4 is 23.6 Å². The zero-order chi connectivity index (χ0) is 30.0. The normalized spacial score (nSPS) is 14.3. The Bertz CT molecular complexity index is 1110. The Balaban J connectivity index is 2.57. The number of rotatable bonds is 12. The number of aryl methyl sites for hydroxylation is 1. The Labute approximate surface area is 239 Å². The molecule has 40 heavy (non-hydrogen) atoms. The molecule has 8 nitrogen and oxygen atoms in total. The molecule has 2 aromatic rings. The molecule has 2 aromatic carbocycles. The molecule has 4 unspecified atom stereocenters. The van der Waals surface area contributed by atoms with E-state index in [-0.39, 0.29) is 23.8 Å². The summed E-state index contributed by atoms with van der Waals surface area (Å²) in [6.07, 6.45) is 1.45. The molecule has 8 heteroatoms. The van der Waals surface area contributed by atoms with Crippen molar-refractivity contribution in [2.45, 2.75) is 98.4 Å². The maximum atomic E-state index is 14.4. The first-order valence-corrected chi connectivity index (χ1v) is 14.2. The lowest BCUT2D eigenvalue weighted by molar-refractivity contribution is -0.144. The molecule has 0 radical (unpaired) electrons. The first kappa shape index (κ1) is 32.7. The second-order valence-corrected chi connectivity index (χ2v) is 11.2. The minimum atomic E-state index is -0.928. The van der Waals surface area contributed by atoms with E-state index in [1.54, 1.807) is 57.0 Å². The summed E-state index contributed by atoms with van der Waals surface area (Å²) in [4.78, 5) is 42.8. The topological polar surface area (TPSA) is 97.0 Å². The third kappa shape index (κ3) is 9.00. The summed E-state index contributed by atoms with van der Waals surface area (Å²) in [5.41, 5.74) is 1.69. The van der Waals surface area contributed by atoms with Gasteiger partial charge in [-0.25, -0.2) is 4.79 Å². The number of methoxy groups -OCH3 is 1. The van der Waals surface area contributed by atoms with Gasteiger partial charge in [-0.05, 0) is 81.8 Å². The van der Waals surface area contributed by atoms with Crippen molar-refractivity contribution < 1.29 is 23.9 Å². The lowest BCUT2D eigenvalue weighted by atomic mass is 9.94. The molecule has 0 heterocycles. The van der Waals surface area contributed by atoms with Gasteiger partial charge in [0.15, 0.2) is 0 Å². The summed E-state index contributed by atoms with van der Waals surface area (Å²) >= 11 is 0. The lowest BCUT2D eigenvalue weighted by Crippen LogP contribution is -2.56. The number of amides is 3. The van der Waals surface area contributed by atoms with Crippen molar-refractivity contribution in [2.24, 2.45) is 5.92 Å². The molecule has 0 aliphatic carbocycles. The average molecular weight is 554 g/mol. The SMILES string of the molecule is CCc1ccc(C(C(=O)Nc2ccc(OC)cc2)N(C(=O)C(NC(=O)OC(C)(C)C)C(C)CC)C(C)CC)cc1. The fraction of sp³-hybridized carbons (Fsp3) is 0.531. The standard InChI is InChI=1S/C32H47N3O5/c1-10-21(4)27(34-31(38)40-32(6,7)8)30(37)35(22(5)11-2)28(24-15-13-23(12-3)14-16-24)29(36)33-25-17-19-26(39-9)20-18-25/h13-22,27-28H,10-12H2,1-9H3,(H,33,36)(H,34,38).